The van der Waals surface area contributed by atoms with Crippen molar-refractivity contribution in [2.24, 2.45) is 4.99 Å². The molecule has 3 rings (SSSR count). The highest BCUT2D eigenvalue weighted by atomic mass is 32.2. The van der Waals surface area contributed by atoms with Crippen LogP contribution in [0, 0.1) is 0 Å². The number of rotatable bonds is 3. The van der Waals surface area contributed by atoms with Crippen LogP contribution >= 0.6 is 0 Å². The van der Waals surface area contributed by atoms with Gasteiger partial charge < -0.3 is 9.84 Å². The summed E-state index contributed by atoms with van der Waals surface area (Å²) in [6.45, 7) is 0. The van der Waals surface area contributed by atoms with Crippen LogP contribution in [0.4, 0.5) is 5.69 Å². The van der Waals surface area contributed by atoms with Gasteiger partial charge in [0.25, 0.3) is 0 Å². The van der Waals surface area contributed by atoms with Gasteiger partial charge in [0.1, 0.15) is 11.9 Å². The zero-order valence-corrected chi connectivity index (χ0v) is 11.6. The Hall–Kier alpha value is -1.98. The second-order valence-electron chi connectivity index (χ2n) is 4.43. The molecule has 1 N–H and O–H groups in total. The maximum absolute atomic E-state index is 11.7. The van der Waals surface area contributed by atoms with Crippen molar-refractivity contribution in [2.75, 3.05) is 7.11 Å². The highest BCUT2D eigenvalue weighted by molar-refractivity contribution is 7.99. The Balaban J connectivity index is 1.92. The van der Waals surface area contributed by atoms with Gasteiger partial charge in [-0.2, -0.15) is 0 Å². The van der Waals surface area contributed by atoms with Crippen LogP contribution in [0.15, 0.2) is 52.4 Å². The van der Waals surface area contributed by atoms with Gasteiger partial charge in [-0.1, -0.05) is 18.2 Å². The van der Waals surface area contributed by atoms with Crippen molar-refractivity contribution in [1.82, 2.24) is 0 Å². The Kier molecular flexibility index (Phi) is 3.38. The largest absolute Gasteiger partial charge is 0.497 e. The first-order valence-corrected chi connectivity index (χ1v) is 7.31. The summed E-state index contributed by atoms with van der Waals surface area (Å²) in [6, 6.07) is 12.5. The van der Waals surface area contributed by atoms with Crippen molar-refractivity contribution in [3.05, 3.63) is 53.6 Å². The maximum atomic E-state index is 11.7. The van der Waals surface area contributed by atoms with Crippen molar-refractivity contribution in [1.29, 1.82) is 0 Å². The van der Waals surface area contributed by atoms with E-state index in [9.17, 15) is 9.32 Å². The molecule has 2 unspecified atom stereocenters. The van der Waals surface area contributed by atoms with Crippen LogP contribution in [0.1, 0.15) is 17.2 Å². The Labute approximate surface area is 119 Å². The van der Waals surface area contributed by atoms with E-state index in [-0.39, 0.29) is 0 Å². The summed E-state index contributed by atoms with van der Waals surface area (Å²) in [5, 5.41) is 10.4. The van der Waals surface area contributed by atoms with Gasteiger partial charge in [0.15, 0.2) is 0 Å². The molecule has 4 nitrogen and oxygen atoms in total. The minimum absolute atomic E-state index is 0.648. The molecule has 1 aliphatic heterocycles. The summed E-state index contributed by atoms with van der Waals surface area (Å²) in [7, 11) is 0.390. The number of aliphatic imine (C=N–C) groups is 1. The van der Waals surface area contributed by atoms with Crippen LogP contribution < -0.4 is 4.74 Å². The van der Waals surface area contributed by atoms with Gasteiger partial charge in [-0.3, -0.25) is 0 Å². The lowest BCUT2D eigenvalue weighted by Gasteiger charge is -2.13. The Morgan fingerprint density at radius 1 is 1.15 bits per heavy atom. The molecule has 2 aromatic rings. The minimum Gasteiger partial charge on any atom is -0.497 e. The highest BCUT2D eigenvalue weighted by Crippen LogP contribution is 2.32. The van der Waals surface area contributed by atoms with Crippen LogP contribution in [-0.2, 0) is 10.8 Å². The lowest BCUT2D eigenvalue weighted by molar-refractivity contribution is 0.220. The molecule has 0 radical (unpaired) electrons. The molecule has 2 aromatic carbocycles. The third-order valence-corrected chi connectivity index (χ3v) is 4.29. The summed E-state index contributed by atoms with van der Waals surface area (Å²) >= 11 is 0. The standard InChI is InChI=1S/C15H13NO3S/c1-19-12-5-2-10(3-6-12)15(17)11-4-7-13-14(8-11)20(18)9-16-13/h2-9,15,17H,1H3. The van der Waals surface area contributed by atoms with Gasteiger partial charge in [-0.25, -0.2) is 9.20 Å². The lowest BCUT2D eigenvalue weighted by Crippen LogP contribution is -2.00. The second-order valence-corrected chi connectivity index (χ2v) is 5.68. The summed E-state index contributed by atoms with van der Waals surface area (Å²) in [5.74, 6) is 0.740. The van der Waals surface area contributed by atoms with Gasteiger partial charge >= 0.3 is 0 Å². The quantitative estimate of drug-likeness (QED) is 0.943. The van der Waals surface area contributed by atoms with Crippen LogP contribution in [0.25, 0.3) is 0 Å². The second kappa shape index (κ2) is 5.19. The van der Waals surface area contributed by atoms with Crippen molar-refractivity contribution >= 4 is 22.0 Å². The molecule has 0 amide bonds. The van der Waals surface area contributed by atoms with Crippen molar-refractivity contribution in [2.45, 2.75) is 11.0 Å². The number of hydrogen-bond donors (Lipinski definition) is 1. The minimum atomic E-state index is -1.21. The predicted molar refractivity (Wildman–Crippen MR) is 78.1 cm³/mol. The van der Waals surface area contributed by atoms with Crippen molar-refractivity contribution in [3.63, 3.8) is 0 Å². The molecule has 102 valence electrons. The number of aliphatic hydroxyl groups is 1. The van der Waals surface area contributed by atoms with Gasteiger partial charge in [-0.15, -0.1) is 0 Å². The van der Waals surface area contributed by atoms with Gasteiger partial charge in [-0.05, 0) is 35.4 Å². The molecular weight excluding hydrogens is 274 g/mol. The Bertz CT molecular complexity index is 695. The van der Waals surface area contributed by atoms with Crippen LogP contribution in [0.2, 0.25) is 0 Å². The van der Waals surface area contributed by atoms with E-state index in [0.29, 0.717) is 16.1 Å². The first kappa shape index (κ1) is 13.0. The van der Waals surface area contributed by atoms with E-state index in [4.69, 9.17) is 4.74 Å². The number of benzene rings is 2. The van der Waals surface area contributed by atoms with E-state index in [1.807, 2.05) is 12.1 Å². The zero-order valence-electron chi connectivity index (χ0n) is 10.8. The fourth-order valence-corrected chi connectivity index (χ4v) is 3.01. The monoisotopic (exact) mass is 287 g/mol. The van der Waals surface area contributed by atoms with Crippen LogP contribution in [0.3, 0.4) is 0 Å². The van der Waals surface area contributed by atoms with Crippen molar-refractivity contribution in [3.8, 4) is 5.75 Å². The summed E-state index contributed by atoms with van der Waals surface area (Å²) < 4.78 is 16.8. The van der Waals surface area contributed by atoms with Crippen LogP contribution in [0.5, 0.6) is 5.75 Å². The Morgan fingerprint density at radius 3 is 2.55 bits per heavy atom. The molecule has 1 heterocycles. The van der Waals surface area contributed by atoms with E-state index >= 15 is 0 Å². The summed E-state index contributed by atoms with van der Waals surface area (Å²) in [6.07, 6.45) is -0.760. The summed E-state index contributed by atoms with van der Waals surface area (Å²) in [5.41, 5.74) is 3.58. The normalized spacial score (nSPS) is 17.8. The Morgan fingerprint density at radius 2 is 1.85 bits per heavy atom. The zero-order chi connectivity index (χ0) is 14.1. The number of nitrogens with zero attached hydrogens (tertiary/aromatic N) is 1. The molecule has 0 aliphatic carbocycles. The van der Waals surface area contributed by atoms with E-state index < -0.39 is 16.9 Å². The molecule has 0 fully saturated rings. The molecule has 0 aromatic heterocycles. The predicted octanol–water partition coefficient (Wildman–Crippen LogP) is 2.56. The maximum Gasteiger partial charge on any atom is 0.118 e. The fraction of sp³-hybridized carbons (Fsp3) is 0.133. The topological polar surface area (TPSA) is 58.9 Å². The molecule has 1 aliphatic rings. The van der Waals surface area contributed by atoms with E-state index in [1.165, 1.54) is 5.55 Å². The molecular formula is C15H13NO3S. The van der Waals surface area contributed by atoms with Crippen molar-refractivity contribution < 1.29 is 14.1 Å². The molecule has 5 heteroatoms. The molecule has 0 bridgehead atoms. The fourth-order valence-electron chi connectivity index (χ4n) is 2.11. The lowest BCUT2D eigenvalue weighted by atomic mass is 10.0. The number of aliphatic hydroxyl groups excluding tert-OH is 1. The first-order chi connectivity index (χ1) is 9.69. The molecule has 20 heavy (non-hydrogen) atoms. The number of hydrogen-bond acceptors (Lipinski definition) is 4. The van der Waals surface area contributed by atoms with E-state index in [1.54, 1.807) is 37.4 Å². The van der Waals surface area contributed by atoms with E-state index in [2.05, 4.69) is 4.99 Å². The molecule has 0 spiro atoms. The molecule has 0 saturated carbocycles. The number of ether oxygens (including phenoxy) is 1. The number of methoxy groups -OCH3 is 1. The molecule has 2 atom stereocenters. The number of fused-ring (bicyclic) bond motifs is 1. The van der Waals surface area contributed by atoms with E-state index in [0.717, 1.165) is 11.3 Å². The molecule has 0 saturated heterocycles. The highest BCUT2D eigenvalue weighted by Gasteiger charge is 2.18. The first-order valence-electron chi connectivity index (χ1n) is 6.10. The van der Waals surface area contributed by atoms with Crippen LogP contribution in [-0.4, -0.2) is 22.0 Å². The smallest absolute Gasteiger partial charge is 0.118 e. The SMILES string of the molecule is COc1ccc(C(O)c2ccc3c(c2)S(=O)C=N3)cc1. The average Bonchev–Trinajstić information content (AvgIpc) is 2.87. The van der Waals surface area contributed by atoms with Gasteiger partial charge in [0.05, 0.1) is 34.0 Å². The average molecular weight is 287 g/mol. The summed E-state index contributed by atoms with van der Waals surface area (Å²) in [4.78, 5) is 4.70. The van der Waals surface area contributed by atoms with Gasteiger partial charge in [0, 0.05) is 0 Å². The third-order valence-electron chi connectivity index (χ3n) is 3.24. The third kappa shape index (κ3) is 2.26. The van der Waals surface area contributed by atoms with Gasteiger partial charge in [0.2, 0.25) is 0 Å².